The van der Waals surface area contributed by atoms with Gasteiger partial charge in [-0.2, -0.15) is 0 Å². The molecule has 3 rings (SSSR count). The Hall–Kier alpha value is -2.82. The van der Waals surface area contributed by atoms with E-state index in [2.05, 4.69) is 38.0 Å². The Bertz CT molecular complexity index is 910. The van der Waals surface area contributed by atoms with E-state index in [0.717, 1.165) is 30.1 Å². The van der Waals surface area contributed by atoms with Crippen LogP contribution < -0.4 is 0 Å². The zero-order chi connectivity index (χ0) is 19.8. The summed E-state index contributed by atoms with van der Waals surface area (Å²) >= 11 is 1.50. The quantitative estimate of drug-likeness (QED) is 0.371. The Balaban J connectivity index is 1.64. The molecule has 3 aromatic rings. The molecule has 11 heteroatoms. The van der Waals surface area contributed by atoms with Crippen LogP contribution in [0.2, 0.25) is 0 Å². The maximum absolute atomic E-state index is 12.6. The standard InChI is InChI=1S/C17H22N8O2S/c1-3-9-24-15(18-20-22-24)11-27-17(26)13-7-5-6-8-14(13)28-12-16-19-21-23-25(16)10-4-2/h5-8H,3-4,9-12H2,1-2H3. The van der Waals surface area contributed by atoms with Gasteiger partial charge >= 0.3 is 5.97 Å². The number of thioether (sulfide) groups is 1. The highest BCUT2D eigenvalue weighted by Crippen LogP contribution is 2.26. The first-order chi connectivity index (χ1) is 13.7. The minimum Gasteiger partial charge on any atom is -0.454 e. The molecule has 0 amide bonds. The van der Waals surface area contributed by atoms with Crippen LogP contribution in [-0.2, 0) is 30.2 Å². The van der Waals surface area contributed by atoms with Crippen molar-refractivity contribution in [1.29, 1.82) is 0 Å². The van der Waals surface area contributed by atoms with Crippen molar-refractivity contribution in [2.75, 3.05) is 0 Å². The molecule has 0 spiro atoms. The van der Waals surface area contributed by atoms with Gasteiger partial charge in [0.05, 0.1) is 11.3 Å². The largest absolute Gasteiger partial charge is 0.454 e. The number of carbonyl (C=O) groups excluding carboxylic acids is 1. The van der Waals surface area contributed by atoms with E-state index in [4.69, 9.17) is 4.74 Å². The second-order valence-electron chi connectivity index (χ2n) is 6.00. The van der Waals surface area contributed by atoms with Crippen LogP contribution in [0.25, 0.3) is 0 Å². The number of carbonyl (C=O) groups is 1. The van der Waals surface area contributed by atoms with Crippen molar-refractivity contribution in [3.05, 3.63) is 41.5 Å². The van der Waals surface area contributed by atoms with Crippen molar-refractivity contribution in [1.82, 2.24) is 40.4 Å². The molecule has 0 saturated carbocycles. The molecule has 148 valence electrons. The molecule has 0 saturated heterocycles. The Morgan fingerprint density at radius 2 is 1.64 bits per heavy atom. The van der Waals surface area contributed by atoms with Crippen LogP contribution in [0.3, 0.4) is 0 Å². The number of hydrogen-bond donors (Lipinski definition) is 0. The van der Waals surface area contributed by atoms with Gasteiger partial charge in [-0.1, -0.05) is 26.0 Å². The van der Waals surface area contributed by atoms with Gasteiger partial charge in [-0.05, 0) is 45.8 Å². The van der Waals surface area contributed by atoms with Gasteiger partial charge in [-0.3, -0.25) is 0 Å². The molecule has 2 heterocycles. The number of aromatic nitrogens is 8. The minimum absolute atomic E-state index is 0.0274. The van der Waals surface area contributed by atoms with E-state index < -0.39 is 5.97 Å². The number of nitrogens with zero attached hydrogens (tertiary/aromatic N) is 8. The lowest BCUT2D eigenvalue weighted by molar-refractivity contribution is 0.0452. The van der Waals surface area contributed by atoms with Gasteiger partial charge in [0.1, 0.15) is 0 Å². The maximum atomic E-state index is 12.6. The normalized spacial score (nSPS) is 10.9. The second kappa shape index (κ2) is 9.93. The molecule has 0 aliphatic heterocycles. The summed E-state index contributed by atoms with van der Waals surface area (Å²) in [6.07, 6.45) is 1.84. The fourth-order valence-electron chi connectivity index (χ4n) is 2.54. The first-order valence-corrected chi connectivity index (χ1v) is 10.1. The SMILES string of the molecule is CCCn1nnnc1COC(=O)c1ccccc1SCc1nnnn1CCC. The van der Waals surface area contributed by atoms with Crippen LogP contribution in [0.4, 0.5) is 0 Å². The van der Waals surface area contributed by atoms with E-state index in [-0.39, 0.29) is 6.61 Å². The molecule has 1 aromatic carbocycles. The lowest BCUT2D eigenvalue weighted by Crippen LogP contribution is -2.11. The third-order valence-electron chi connectivity index (χ3n) is 3.88. The van der Waals surface area contributed by atoms with Crippen molar-refractivity contribution in [2.45, 2.75) is 57.0 Å². The lowest BCUT2D eigenvalue weighted by Gasteiger charge is -2.09. The van der Waals surface area contributed by atoms with E-state index in [1.807, 2.05) is 25.1 Å². The molecule has 0 atom stereocenters. The first kappa shape index (κ1) is 19.9. The zero-order valence-electron chi connectivity index (χ0n) is 15.9. The number of tetrazole rings is 2. The van der Waals surface area contributed by atoms with Crippen molar-refractivity contribution < 1.29 is 9.53 Å². The van der Waals surface area contributed by atoms with Gasteiger partial charge in [0.2, 0.25) is 0 Å². The zero-order valence-corrected chi connectivity index (χ0v) is 16.7. The molecule has 0 radical (unpaired) electrons. The van der Waals surface area contributed by atoms with Crippen LogP contribution in [0.15, 0.2) is 29.2 Å². The molecule has 2 aromatic heterocycles. The van der Waals surface area contributed by atoms with Crippen LogP contribution in [0.5, 0.6) is 0 Å². The molecule has 0 bridgehead atoms. The monoisotopic (exact) mass is 402 g/mol. The molecule has 0 fully saturated rings. The lowest BCUT2D eigenvalue weighted by atomic mass is 10.2. The molecule has 0 N–H and O–H groups in total. The summed E-state index contributed by atoms with van der Waals surface area (Å²) in [4.78, 5) is 13.4. The summed E-state index contributed by atoms with van der Waals surface area (Å²) in [6, 6.07) is 7.32. The predicted octanol–water partition coefficient (Wildman–Crippen LogP) is 2.13. The van der Waals surface area contributed by atoms with E-state index in [1.54, 1.807) is 15.4 Å². The first-order valence-electron chi connectivity index (χ1n) is 9.12. The topological polar surface area (TPSA) is 114 Å². The Morgan fingerprint density at radius 1 is 1.00 bits per heavy atom. The van der Waals surface area contributed by atoms with Gasteiger partial charge in [0, 0.05) is 18.0 Å². The summed E-state index contributed by atoms with van der Waals surface area (Å²) in [5, 5.41) is 23.2. The van der Waals surface area contributed by atoms with Gasteiger partial charge in [-0.15, -0.1) is 22.0 Å². The van der Waals surface area contributed by atoms with Crippen LogP contribution in [0, 0.1) is 0 Å². The summed E-state index contributed by atoms with van der Waals surface area (Å²) in [6.45, 7) is 5.57. The number of ether oxygens (including phenoxy) is 1. The van der Waals surface area contributed by atoms with Crippen LogP contribution in [0.1, 0.15) is 48.7 Å². The maximum Gasteiger partial charge on any atom is 0.339 e. The second-order valence-corrected chi connectivity index (χ2v) is 7.01. The Morgan fingerprint density at radius 3 is 2.36 bits per heavy atom. The number of aryl methyl sites for hydroxylation is 2. The van der Waals surface area contributed by atoms with Gasteiger partial charge in [0.15, 0.2) is 18.3 Å². The van der Waals surface area contributed by atoms with Crippen LogP contribution in [-0.4, -0.2) is 46.4 Å². The number of hydrogen-bond acceptors (Lipinski definition) is 9. The van der Waals surface area contributed by atoms with Crippen molar-refractivity contribution in [2.24, 2.45) is 0 Å². The molecule has 0 aliphatic carbocycles. The molecule has 28 heavy (non-hydrogen) atoms. The summed E-state index contributed by atoms with van der Waals surface area (Å²) in [5.74, 6) is 1.45. The summed E-state index contributed by atoms with van der Waals surface area (Å²) in [5.41, 5.74) is 0.497. The third-order valence-corrected chi connectivity index (χ3v) is 4.95. The highest BCUT2D eigenvalue weighted by Gasteiger charge is 2.16. The van der Waals surface area contributed by atoms with E-state index >= 15 is 0 Å². The molecule has 0 unspecified atom stereocenters. The van der Waals surface area contributed by atoms with Gasteiger partial charge in [0.25, 0.3) is 0 Å². The Kier molecular flexibility index (Phi) is 7.06. The number of rotatable bonds is 10. The highest BCUT2D eigenvalue weighted by atomic mass is 32.2. The van der Waals surface area contributed by atoms with Gasteiger partial charge < -0.3 is 4.74 Å². The fraction of sp³-hybridized carbons (Fsp3) is 0.471. The highest BCUT2D eigenvalue weighted by molar-refractivity contribution is 7.98. The average Bonchev–Trinajstić information content (AvgIpc) is 3.34. The molecule has 10 nitrogen and oxygen atoms in total. The van der Waals surface area contributed by atoms with Crippen molar-refractivity contribution in [3.63, 3.8) is 0 Å². The van der Waals surface area contributed by atoms with E-state index in [1.165, 1.54) is 11.8 Å². The molecular formula is C17H22N8O2S. The van der Waals surface area contributed by atoms with Crippen molar-refractivity contribution >= 4 is 17.7 Å². The molecule has 0 aliphatic rings. The summed E-state index contributed by atoms with van der Waals surface area (Å²) in [7, 11) is 0. The fourth-order valence-corrected chi connectivity index (χ4v) is 3.51. The average molecular weight is 402 g/mol. The van der Waals surface area contributed by atoms with E-state index in [9.17, 15) is 4.79 Å². The molecular weight excluding hydrogens is 380 g/mol. The van der Waals surface area contributed by atoms with E-state index in [0.29, 0.717) is 23.7 Å². The summed E-state index contributed by atoms with van der Waals surface area (Å²) < 4.78 is 8.86. The van der Waals surface area contributed by atoms with Gasteiger partial charge in [-0.25, -0.2) is 14.2 Å². The minimum atomic E-state index is -0.415. The van der Waals surface area contributed by atoms with Crippen molar-refractivity contribution in [3.8, 4) is 0 Å². The van der Waals surface area contributed by atoms with Crippen LogP contribution >= 0.6 is 11.8 Å². The third kappa shape index (κ3) is 4.91. The predicted molar refractivity (Wildman–Crippen MR) is 101 cm³/mol. The Labute approximate surface area is 166 Å². The number of esters is 1. The smallest absolute Gasteiger partial charge is 0.339 e. The number of benzene rings is 1.